The summed E-state index contributed by atoms with van der Waals surface area (Å²) in [4.78, 5) is 19.7. The van der Waals surface area contributed by atoms with Crippen LogP contribution < -0.4 is 4.90 Å². The van der Waals surface area contributed by atoms with Crippen LogP contribution in [-0.4, -0.2) is 36.0 Å². The Hall–Kier alpha value is -1.37. The van der Waals surface area contributed by atoms with Crippen LogP contribution >= 0.6 is 11.6 Å². The van der Waals surface area contributed by atoms with Crippen molar-refractivity contribution in [2.75, 3.05) is 19.0 Å². The Bertz CT molecular complexity index is 434. The van der Waals surface area contributed by atoms with Gasteiger partial charge < -0.3 is 4.90 Å². The van der Waals surface area contributed by atoms with Gasteiger partial charge in [-0.3, -0.25) is 4.79 Å². The zero-order chi connectivity index (χ0) is 13.2. The van der Waals surface area contributed by atoms with Crippen molar-refractivity contribution in [2.45, 2.75) is 12.6 Å². The van der Waals surface area contributed by atoms with Gasteiger partial charge in [0, 0.05) is 26.1 Å². The van der Waals surface area contributed by atoms with E-state index in [2.05, 4.69) is 9.97 Å². The van der Waals surface area contributed by atoms with Crippen molar-refractivity contribution < 1.29 is 18.0 Å². The van der Waals surface area contributed by atoms with Gasteiger partial charge in [0.25, 0.3) is 0 Å². The highest BCUT2D eigenvalue weighted by molar-refractivity contribution is 6.30. The molecule has 0 aliphatic heterocycles. The minimum atomic E-state index is -4.89. The Kier molecular flexibility index (Phi) is 3.92. The quantitative estimate of drug-likeness (QED) is 0.785. The molecule has 0 amide bonds. The molecule has 1 rings (SSSR count). The monoisotopic (exact) mass is 267 g/mol. The smallest absolute Gasteiger partial charge is 0.362 e. The third-order valence-corrected chi connectivity index (χ3v) is 2.27. The molecule has 1 aromatic heterocycles. The van der Waals surface area contributed by atoms with Crippen molar-refractivity contribution in [1.29, 1.82) is 0 Å². The molecule has 1 heterocycles. The van der Waals surface area contributed by atoms with Crippen LogP contribution in [0.4, 0.5) is 19.0 Å². The zero-order valence-electron chi connectivity index (χ0n) is 9.05. The Morgan fingerprint density at radius 1 is 1.41 bits per heavy atom. The fourth-order valence-electron chi connectivity index (χ4n) is 1.18. The van der Waals surface area contributed by atoms with E-state index >= 15 is 0 Å². The van der Waals surface area contributed by atoms with Crippen LogP contribution in [0.3, 0.4) is 0 Å². The summed E-state index contributed by atoms with van der Waals surface area (Å²) in [6.07, 6.45) is -4.63. The van der Waals surface area contributed by atoms with E-state index in [1.807, 2.05) is 0 Å². The highest BCUT2D eigenvalue weighted by Crippen LogP contribution is 2.26. The maximum atomic E-state index is 12.2. The van der Waals surface area contributed by atoms with E-state index in [0.717, 1.165) is 6.33 Å². The number of ketones is 1. The molecule has 17 heavy (non-hydrogen) atoms. The Balaban J connectivity index is 3.10. The number of hydrogen-bond donors (Lipinski definition) is 0. The van der Waals surface area contributed by atoms with E-state index in [1.54, 1.807) is 14.1 Å². The summed E-state index contributed by atoms with van der Waals surface area (Å²) in [5.74, 6) is -1.68. The van der Waals surface area contributed by atoms with E-state index < -0.39 is 18.4 Å². The molecular weight excluding hydrogens is 259 g/mol. The maximum Gasteiger partial charge on any atom is 0.450 e. The molecule has 0 atom stereocenters. The molecule has 0 spiro atoms. The number of alkyl halides is 3. The van der Waals surface area contributed by atoms with Crippen molar-refractivity contribution in [3.05, 3.63) is 17.0 Å². The Morgan fingerprint density at radius 2 is 2.00 bits per heavy atom. The molecule has 0 radical (unpaired) electrons. The van der Waals surface area contributed by atoms with Crippen molar-refractivity contribution >= 4 is 23.2 Å². The van der Waals surface area contributed by atoms with Gasteiger partial charge in [-0.2, -0.15) is 13.2 Å². The number of rotatable bonds is 3. The predicted octanol–water partition coefficient (Wildman–Crippen LogP) is 1.87. The van der Waals surface area contributed by atoms with Gasteiger partial charge in [-0.05, 0) is 0 Å². The van der Waals surface area contributed by atoms with Crippen LogP contribution in [0.1, 0.15) is 5.56 Å². The van der Waals surface area contributed by atoms with Crippen molar-refractivity contribution in [3.8, 4) is 0 Å². The molecule has 0 N–H and O–H groups in total. The second-order valence-electron chi connectivity index (χ2n) is 3.46. The summed E-state index contributed by atoms with van der Waals surface area (Å²) in [6.45, 7) is 0. The molecule has 0 aliphatic rings. The van der Waals surface area contributed by atoms with Gasteiger partial charge in [0.2, 0.25) is 5.78 Å². The van der Waals surface area contributed by atoms with E-state index in [0.29, 0.717) is 0 Å². The van der Waals surface area contributed by atoms with E-state index in [9.17, 15) is 18.0 Å². The third-order valence-electron chi connectivity index (χ3n) is 1.95. The van der Waals surface area contributed by atoms with E-state index in [4.69, 9.17) is 11.6 Å². The third kappa shape index (κ3) is 3.29. The second-order valence-corrected chi connectivity index (χ2v) is 3.82. The van der Waals surface area contributed by atoms with Gasteiger partial charge in [-0.25, -0.2) is 9.97 Å². The Labute approximate surface area is 100 Å². The van der Waals surface area contributed by atoms with Gasteiger partial charge in [-0.15, -0.1) is 0 Å². The number of aromatic nitrogens is 2. The largest absolute Gasteiger partial charge is 0.450 e. The molecule has 0 saturated heterocycles. The average Bonchev–Trinajstić information content (AvgIpc) is 2.18. The summed E-state index contributed by atoms with van der Waals surface area (Å²) >= 11 is 5.67. The van der Waals surface area contributed by atoms with Gasteiger partial charge >= 0.3 is 6.18 Å². The Morgan fingerprint density at radius 3 is 2.47 bits per heavy atom. The van der Waals surface area contributed by atoms with Crippen molar-refractivity contribution in [2.24, 2.45) is 0 Å². The summed E-state index contributed by atoms with van der Waals surface area (Å²) in [5.41, 5.74) is -0.0264. The number of Topliss-reactive ketones (excluding diaryl/α,β-unsaturated/α-hetero) is 1. The van der Waals surface area contributed by atoms with Gasteiger partial charge in [0.05, 0.1) is 0 Å². The molecule has 0 bridgehead atoms. The SMILES string of the molecule is CN(C)c1ncnc(Cl)c1CC(=O)C(F)(F)F. The van der Waals surface area contributed by atoms with E-state index in [-0.39, 0.29) is 16.5 Å². The molecule has 0 aliphatic carbocycles. The number of carbonyl (C=O) groups is 1. The first kappa shape index (κ1) is 13.7. The second kappa shape index (κ2) is 4.87. The normalized spacial score (nSPS) is 11.4. The first-order valence-corrected chi connectivity index (χ1v) is 4.88. The van der Waals surface area contributed by atoms with Gasteiger partial charge in [0.15, 0.2) is 0 Å². The fourth-order valence-corrected chi connectivity index (χ4v) is 1.38. The van der Waals surface area contributed by atoms with Gasteiger partial charge in [0.1, 0.15) is 17.3 Å². The molecule has 4 nitrogen and oxygen atoms in total. The summed E-state index contributed by atoms with van der Waals surface area (Å²) in [6, 6.07) is 0. The lowest BCUT2D eigenvalue weighted by Crippen LogP contribution is -2.26. The molecule has 0 saturated carbocycles. The number of carbonyl (C=O) groups excluding carboxylic acids is 1. The number of anilines is 1. The van der Waals surface area contributed by atoms with Crippen LogP contribution in [0, 0.1) is 0 Å². The maximum absolute atomic E-state index is 12.2. The molecule has 0 aromatic carbocycles. The minimum Gasteiger partial charge on any atom is -0.362 e. The lowest BCUT2D eigenvalue weighted by atomic mass is 10.1. The number of halogens is 4. The minimum absolute atomic E-state index is 0.0264. The fraction of sp³-hybridized carbons (Fsp3) is 0.444. The highest BCUT2D eigenvalue weighted by Gasteiger charge is 2.38. The van der Waals surface area contributed by atoms with Crippen LogP contribution in [-0.2, 0) is 11.2 Å². The molecule has 1 aromatic rings. The zero-order valence-corrected chi connectivity index (χ0v) is 9.80. The molecular formula is C9H9ClF3N3O. The first-order chi connectivity index (χ1) is 7.73. The van der Waals surface area contributed by atoms with Crippen LogP contribution in [0.5, 0.6) is 0 Å². The van der Waals surface area contributed by atoms with Gasteiger partial charge in [-0.1, -0.05) is 11.6 Å². The summed E-state index contributed by atoms with van der Waals surface area (Å²) in [5, 5.41) is -0.152. The lowest BCUT2D eigenvalue weighted by molar-refractivity contribution is -0.170. The summed E-state index contributed by atoms with van der Waals surface area (Å²) < 4.78 is 36.5. The first-order valence-electron chi connectivity index (χ1n) is 4.50. The topological polar surface area (TPSA) is 46.1 Å². The number of nitrogens with zero attached hydrogens (tertiary/aromatic N) is 3. The molecule has 8 heteroatoms. The average molecular weight is 268 g/mol. The van der Waals surface area contributed by atoms with Crippen molar-refractivity contribution in [1.82, 2.24) is 9.97 Å². The summed E-state index contributed by atoms with van der Waals surface area (Å²) in [7, 11) is 3.17. The molecule has 0 unspecified atom stereocenters. The lowest BCUT2D eigenvalue weighted by Gasteiger charge is -2.16. The standard InChI is InChI=1S/C9H9ClF3N3O/c1-16(2)8-5(7(10)14-4-15-8)3-6(17)9(11,12)13/h4H,3H2,1-2H3. The van der Waals surface area contributed by atoms with E-state index in [1.165, 1.54) is 4.90 Å². The van der Waals surface area contributed by atoms with Crippen LogP contribution in [0.2, 0.25) is 5.15 Å². The van der Waals surface area contributed by atoms with Crippen LogP contribution in [0.25, 0.3) is 0 Å². The number of hydrogen-bond acceptors (Lipinski definition) is 4. The predicted molar refractivity (Wildman–Crippen MR) is 56.1 cm³/mol. The van der Waals surface area contributed by atoms with Crippen molar-refractivity contribution in [3.63, 3.8) is 0 Å². The van der Waals surface area contributed by atoms with Crippen LogP contribution in [0.15, 0.2) is 6.33 Å². The molecule has 0 fully saturated rings. The highest BCUT2D eigenvalue weighted by atomic mass is 35.5. The molecule has 94 valence electrons.